The number of carbonyl (C=O) groups excluding carboxylic acids is 1. The lowest BCUT2D eigenvalue weighted by Crippen LogP contribution is -2.22. The molecular weight excluding hydrogens is 408 g/mol. The van der Waals surface area contributed by atoms with Gasteiger partial charge in [-0.15, -0.1) is 22.7 Å². The lowest BCUT2D eigenvalue weighted by atomic mass is 10.3. The van der Waals surface area contributed by atoms with Gasteiger partial charge in [-0.25, -0.2) is 4.98 Å². The van der Waals surface area contributed by atoms with Crippen molar-refractivity contribution in [2.75, 3.05) is 19.0 Å². The van der Waals surface area contributed by atoms with Crippen molar-refractivity contribution in [3.05, 3.63) is 58.9 Å². The molecule has 4 aromatic rings. The third-order valence-electron chi connectivity index (χ3n) is 3.97. The third-order valence-corrected chi connectivity index (χ3v) is 5.68. The molecule has 0 bridgehead atoms. The molecule has 0 aliphatic carbocycles. The fourth-order valence-corrected chi connectivity index (χ4v) is 4.24. The molecule has 0 saturated heterocycles. The van der Waals surface area contributed by atoms with Gasteiger partial charge in [-0.2, -0.15) is 9.78 Å². The third kappa shape index (κ3) is 4.30. The molecule has 0 fully saturated rings. The van der Waals surface area contributed by atoms with E-state index in [1.54, 1.807) is 41.3 Å². The minimum Gasteiger partial charge on any atom is -0.493 e. The Labute approximate surface area is 175 Å². The molecule has 7 nitrogen and oxygen atoms in total. The van der Waals surface area contributed by atoms with Gasteiger partial charge >= 0.3 is 0 Å². The summed E-state index contributed by atoms with van der Waals surface area (Å²) >= 11 is 3.10. The maximum absolute atomic E-state index is 12.4. The second-order valence-electron chi connectivity index (χ2n) is 6.06. The van der Waals surface area contributed by atoms with Gasteiger partial charge in [-0.1, -0.05) is 18.2 Å². The van der Waals surface area contributed by atoms with Crippen molar-refractivity contribution in [2.45, 2.75) is 6.92 Å². The number of benzene rings is 1. The predicted octanol–water partition coefficient (Wildman–Crippen LogP) is 4.39. The Kier molecular flexibility index (Phi) is 5.59. The van der Waals surface area contributed by atoms with E-state index < -0.39 is 0 Å². The standard InChI is InChI=1S/C20H18N4O3S2/c1-13-10-18(22-19(25)11-27-16-7-4-3-6-15(16)26-2)24(23-13)20-21-14(12-29-20)17-8-5-9-28-17/h3-10,12H,11H2,1-2H3,(H,22,25). The monoisotopic (exact) mass is 426 g/mol. The molecule has 0 atom stereocenters. The molecule has 3 heterocycles. The smallest absolute Gasteiger partial charge is 0.263 e. The van der Waals surface area contributed by atoms with Crippen LogP contribution in [0.15, 0.2) is 53.2 Å². The van der Waals surface area contributed by atoms with Gasteiger partial charge in [0.2, 0.25) is 5.13 Å². The summed E-state index contributed by atoms with van der Waals surface area (Å²) in [7, 11) is 1.56. The number of hydrogen-bond donors (Lipinski definition) is 1. The van der Waals surface area contributed by atoms with E-state index in [0.29, 0.717) is 22.4 Å². The quantitative estimate of drug-likeness (QED) is 0.474. The van der Waals surface area contributed by atoms with Gasteiger partial charge in [0.25, 0.3) is 5.91 Å². The van der Waals surface area contributed by atoms with Crippen LogP contribution < -0.4 is 14.8 Å². The first-order valence-electron chi connectivity index (χ1n) is 8.76. The zero-order chi connectivity index (χ0) is 20.2. The molecule has 29 heavy (non-hydrogen) atoms. The van der Waals surface area contributed by atoms with E-state index in [2.05, 4.69) is 15.4 Å². The van der Waals surface area contributed by atoms with E-state index in [1.165, 1.54) is 11.3 Å². The average Bonchev–Trinajstić information content (AvgIpc) is 3.47. The van der Waals surface area contributed by atoms with Crippen molar-refractivity contribution in [2.24, 2.45) is 0 Å². The number of thiazole rings is 1. The van der Waals surface area contributed by atoms with Crippen molar-refractivity contribution >= 4 is 34.4 Å². The highest BCUT2D eigenvalue weighted by Crippen LogP contribution is 2.29. The summed E-state index contributed by atoms with van der Waals surface area (Å²) in [6.45, 7) is 1.72. The minimum atomic E-state index is -0.299. The zero-order valence-electron chi connectivity index (χ0n) is 15.8. The van der Waals surface area contributed by atoms with Gasteiger partial charge in [-0.05, 0) is 30.5 Å². The molecule has 0 aliphatic heterocycles. The van der Waals surface area contributed by atoms with E-state index in [-0.39, 0.29) is 12.5 Å². The predicted molar refractivity (Wildman–Crippen MR) is 114 cm³/mol. The van der Waals surface area contributed by atoms with Crippen LogP contribution in [-0.2, 0) is 4.79 Å². The Balaban J connectivity index is 1.48. The number of nitrogens with zero attached hydrogens (tertiary/aromatic N) is 3. The number of anilines is 1. The molecule has 0 saturated carbocycles. The SMILES string of the molecule is COc1ccccc1OCC(=O)Nc1cc(C)nn1-c1nc(-c2cccs2)cs1. The van der Waals surface area contributed by atoms with Crippen LogP contribution in [0.3, 0.4) is 0 Å². The summed E-state index contributed by atoms with van der Waals surface area (Å²) in [5, 5.41) is 12.0. The number of aryl methyl sites for hydroxylation is 1. The van der Waals surface area contributed by atoms with Crippen LogP contribution in [0.4, 0.5) is 5.82 Å². The summed E-state index contributed by atoms with van der Waals surface area (Å²) in [6, 6.07) is 13.0. The maximum Gasteiger partial charge on any atom is 0.263 e. The lowest BCUT2D eigenvalue weighted by Gasteiger charge is -2.10. The molecular formula is C20H18N4O3S2. The van der Waals surface area contributed by atoms with Crippen molar-refractivity contribution in [1.29, 1.82) is 0 Å². The number of hydrogen-bond acceptors (Lipinski definition) is 7. The lowest BCUT2D eigenvalue weighted by molar-refractivity contribution is -0.118. The first-order valence-corrected chi connectivity index (χ1v) is 10.5. The number of ether oxygens (including phenoxy) is 2. The van der Waals surface area contributed by atoms with Gasteiger partial charge in [0.15, 0.2) is 18.1 Å². The number of thiophene rings is 1. The summed E-state index contributed by atoms with van der Waals surface area (Å²) in [5.74, 6) is 1.33. The Bertz CT molecular complexity index is 1120. The van der Waals surface area contributed by atoms with Crippen LogP contribution in [0.2, 0.25) is 0 Å². The first-order chi connectivity index (χ1) is 14.1. The van der Waals surface area contributed by atoms with Crippen molar-refractivity contribution in [1.82, 2.24) is 14.8 Å². The van der Waals surface area contributed by atoms with E-state index in [4.69, 9.17) is 9.47 Å². The molecule has 0 aliphatic rings. The molecule has 0 spiro atoms. The number of nitrogens with one attached hydrogen (secondary N) is 1. The Morgan fingerprint density at radius 1 is 1.17 bits per heavy atom. The first kappa shape index (κ1) is 19.2. The Morgan fingerprint density at radius 2 is 2.00 bits per heavy atom. The number of para-hydroxylation sites is 2. The fraction of sp³-hybridized carbons (Fsp3) is 0.150. The molecule has 148 valence electrons. The molecule has 1 amide bonds. The minimum absolute atomic E-state index is 0.150. The highest BCUT2D eigenvalue weighted by atomic mass is 32.1. The number of methoxy groups -OCH3 is 1. The van der Waals surface area contributed by atoms with E-state index >= 15 is 0 Å². The molecule has 0 unspecified atom stereocenters. The summed E-state index contributed by atoms with van der Waals surface area (Å²) in [5.41, 5.74) is 1.67. The molecule has 1 aromatic carbocycles. The van der Waals surface area contributed by atoms with Gasteiger partial charge in [0.1, 0.15) is 5.82 Å². The van der Waals surface area contributed by atoms with Crippen LogP contribution in [-0.4, -0.2) is 34.4 Å². The second-order valence-corrected chi connectivity index (χ2v) is 7.85. The van der Waals surface area contributed by atoms with Crippen LogP contribution in [0.5, 0.6) is 11.5 Å². The number of aromatic nitrogens is 3. The molecule has 4 rings (SSSR count). The summed E-state index contributed by atoms with van der Waals surface area (Å²) < 4.78 is 12.5. The normalized spacial score (nSPS) is 10.7. The largest absolute Gasteiger partial charge is 0.493 e. The van der Waals surface area contributed by atoms with E-state index in [1.807, 2.05) is 41.9 Å². The van der Waals surface area contributed by atoms with Crippen LogP contribution >= 0.6 is 22.7 Å². The van der Waals surface area contributed by atoms with E-state index in [9.17, 15) is 4.79 Å². The summed E-state index contributed by atoms with van der Waals surface area (Å²) in [6.07, 6.45) is 0. The Morgan fingerprint density at radius 3 is 2.76 bits per heavy atom. The number of rotatable bonds is 7. The second kappa shape index (κ2) is 8.46. The van der Waals surface area contributed by atoms with Gasteiger partial charge in [0, 0.05) is 11.4 Å². The van der Waals surface area contributed by atoms with Crippen LogP contribution in [0.1, 0.15) is 5.69 Å². The van der Waals surface area contributed by atoms with Crippen molar-refractivity contribution < 1.29 is 14.3 Å². The van der Waals surface area contributed by atoms with E-state index in [0.717, 1.165) is 16.3 Å². The highest BCUT2D eigenvalue weighted by molar-refractivity contribution is 7.15. The molecule has 3 aromatic heterocycles. The molecule has 0 radical (unpaired) electrons. The van der Waals surface area contributed by atoms with Gasteiger partial charge < -0.3 is 14.8 Å². The fourth-order valence-electron chi connectivity index (χ4n) is 2.69. The Hall–Kier alpha value is -3.17. The topological polar surface area (TPSA) is 78.3 Å². The number of carbonyl (C=O) groups is 1. The molecule has 9 heteroatoms. The number of amides is 1. The van der Waals surface area contributed by atoms with Crippen molar-refractivity contribution in [3.63, 3.8) is 0 Å². The van der Waals surface area contributed by atoms with Gasteiger partial charge in [-0.3, -0.25) is 4.79 Å². The average molecular weight is 427 g/mol. The van der Waals surface area contributed by atoms with Gasteiger partial charge in [0.05, 0.1) is 23.4 Å². The summed E-state index contributed by atoms with van der Waals surface area (Å²) in [4.78, 5) is 18.2. The molecule has 1 N–H and O–H groups in total. The highest BCUT2D eigenvalue weighted by Gasteiger charge is 2.15. The zero-order valence-corrected chi connectivity index (χ0v) is 17.4. The van der Waals surface area contributed by atoms with Crippen molar-refractivity contribution in [3.8, 4) is 27.2 Å². The van der Waals surface area contributed by atoms with Crippen LogP contribution in [0.25, 0.3) is 15.7 Å². The van der Waals surface area contributed by atoms with Crippen LogP contribution in [0, 0.1) is 6.92 Å². The maximum atomic E-state index is 12.4.